The maximum Gasteiger partial charge on any atom is 0.287 e. The zero-order valence-electron chi connectivity index (χ0n) is 10.8. The molecule has 5 heteroatoms. The van der Waals surface area contributed by atoms with Gasteiger partial charge in [0.05, 0.1) is 10.5 Å². The summed E-state index contributed by atoms with van der Waals surface area (Å²) in [6.45, 7) is 1.77. The summed E-state index contributed by atoms with van der Waals surface area (Å²) in [6, 6.07) is 10.1. The predicted octanol–water partition coefficient (Wildman–Crippen LogP) is 2.65. The molecule has 1 heterocycles. The van der Waals surface area contributed by atoms with Crippen molar-refractivity contribution < 1.29 is 9.00 Å². The number of carbonyl (C=O) groups is 1. The third kappa shape index (κ3) is 2.76. The Morgan fingerprint density at radius 3 is 2.65 bits per heavy atom. The fourth-order valence-corrected chi connectivity index (χ4v) is 3.05. The molecular weight excluding hydrogens is 272 g/mol. The highest BCUT2D eigenvalue weighted by molar-refractivity contribution is 7.98. The maximum absolute atomic E-state index is 12.7. The summed E-state index contributed by atoms with van der Waals surface area (Å²) in [7, 11) is -3.21. The lowest BCUT2D eigenvalue weighted by Gasteiger charge is -2.06. The third-order valence-corrected chi connectivity index (χ3v) is 4.47. The van der Waals surface area contributed by atoms with E-state index in [2.05, 4.69) is 14.6 Å². The molecule has 0 aliphatic carbocycles. The Kier molecular flexibility index (Phi) is 3.97. The fourth-order valence-electron chi connectivity index (χ4n) is 1.66. The van der Waals surface area contributed by atoms with E-state index in [1.807, 2.05) is 0 Å². The zero-order valence-corrected chi connectivity index (χ0v) is 11.6. The van der Waals surface area contributed by atoms with Gasteiger partial charge in [0.1, 0.15) is 0 Å². The predicted molar refractivity (Wildman–Crippen MR) is 77.4 cm³/mol. The van der Waals surface area contributed by atoms with Crippen molar-refractivity contribution in [3.8, 4) is 11.7 Å². The van der Waals surface area contributed by atoms with Crippen LogP contribution in [-0.2, 0) is 9.73 Å². The molecular formula is C15H12N2O2S. The number of terminal acetylenes is 1. The van der Waals surface area contributed by atoms with Crippen molar-refractivity contribution in [3.63, 3.8) is 0 Å². The Morgan fingerprint density at radius 1 is 1.30 bits per heavy atom. The number of aryl methyl sites for hydroxylation is 1. The van der Waals surface area contributed by atoms with Crippen LogP contribution in [0.1, 0.15) is 15.9 Å². The van der Waals surface area contributed by atoms with E-state index in [4.69, 9.17) is 6.42 Å². The van der Waals surface area contributed by atoms with Crippen LogP contribution >= 0.6 is 0 Å². The Morgan fingerprint density at radius 2 is 2.05 bits per heavy atom. The van der Waals surface area contributed by atoms with Crippen molar-refractivity contribution in [1.82, 2.24) is 4.98 Å². The van der Waals surface area contributed by atoms with Crippen molar-refractivity contribution in [3.05, 3.63) is 59.9 Å². The van der Waals surface area contributed by atoms with Gasteiger partial charge in [-0.3, -0.25) is 9.78 Å². The van der Waals surface area contributed by atoms with Crippen LogP contribution in [0.5, 0.6) is 0 Å². The molecule has 0 fully saturated rings. The van der Waals surface area contributed by atoms with Gasteiger partial charge in [-0.1, -0.05) is 18.2 Å². The van der Waals surface area contributed by atoms with Crippen LogP contribution in [0.3, 0.4) is 0 Å². The molecule has 0 aliphatic heterocycles. The largest absolute Gasteiger partial charge is 0.287 e. The zero-order chi connectivity index (χ0) is 14.6. The highest BCUT2D eigenvalue weighted by Gasteiger charge is 2.15. The molecule has 1 aromatic heterocycles. The Balaban J connectivity index is 2.56. The highest BCUT2D eigenvalue weighted by atomic mass is 32.2. The van der Waals surface area contributed by atoms with Gasteiger partial charge in [-0.05, 0) is 30.7 Å². The first-order valence-electron chi connectivity index (χ1n) is 5.81. The Hall–Kier alpha value is -2.45. The summed E-state index contributed by atoms with van der Waals surface area (Å²) in [5.41, 5.74) is 0.988. The van der Waals surface area contributed by atoms with Crippen LogP contribution in [-0.4, -0.2) is 15.1 Å². The smallest absolute Gasteiger partial charge is 0.266 e. The number of amides is 1. The summed E-state index contributed by atoms with van der Waals surface area (Å²) in [5, 5.41) is 2.16. The second-order valence-electron chi connectivity index (χ2n) is 4.05. The average Bonchev–Trinajstić information content (AvgIpc) is 2.48. The Bertz CT molecular complexity index is 798. The van der Waals surface area contributed by atoms with Gasteiger partial charge >= 0.3 is 0 Å². The minimum absolute atomic E-state index is 0.254. The molecule has 0 unspecified atom stereocenters. The standard InChI is InChI=1S/C15H12N2O2S/c1-3-20(19,14-9-5-4-7-12(14)2)17-15(18)13-8-6-10-16-11-13/h1,4-11H,2H3/t20-/m0/s1. The van der Waals surface area contributed by atoms with Crippen LogP contribution in [0.4, 0.5) is 0 Å². The number of hydrogen-bond donors (Lipinski definition) is 0. The molecule has 0 saturated heterocycles. The van der Waals surface area contributed by atoms with Gasteiger partial charge in [-0.15, -0.1) is 10.8 Å². The number of benzene rings is 1. The minimum Gasteiger partial charge on any atom is -0.266 e. The van der Waals surface area contributed by atoms with Crippen molar-refractivity contribution in [2.24, 2.45) is 4.36 Å². The Labute approximate surface area is 118 Å². The number of rotatable bonds is 2. The quantitative estimate of drug-likeness (QED) is 0.796. The lowest BCUT2D eigenvalue weighted by atomic mass is 10.2. The molecule has 0 saturated carbocycles. The van der Waals surface area contributed by atoms with E-state index in [1.165, 1.54) is 12.4 Å². The van der Waals surface area contributed by atoms with E-state index < -0.39 is 15.6 Å². The van der Waals surface area contributed by atoms with E-state index >= 15 is 0 Å². The van der Waals surface area contributed by atoms with Gasteiger partial charge in [0.15, 0.2) is 9.73 Å². The SMILES string of the molecule is C#C[S@@](=O)(=NC(=O)c1cccnc1)c1ccccc1C. The highest BCUT2D eigenvalue weighted by Crippen LogP contribution is 2.18. The van der Waals surface area contributed by atoms with Crippen LogP contribution in [0, 0.1) is 18.6 Å². The van der Waals surface area contributed by atoms with Crippen LogP contribution < -0.4 is 0 Å². The van der Waals surface area contributed by atoms with E-state index in [1.54, 1.807) is 43.3 Å². The van der Waals surface area contributed by atoms with Gasteiger partial charge in [0.25, 0.3) is 5.91 Å². The molecule has 20 heavy (non-hydrogen) atoms. The lowest BCUT2D eigenvalue weighted by Crippen LogP contribution is -2.05. The summed E-state index contributed by atoms with van der Waals surface area (Å²) in [6.07, 6.45) is 8.25. The molecule has 2 rings (SSSR count). The molecule has 0 aliphatic rings. The number of pyridine rings is 1. The molecule has 100 valence electrons. The average molecular weight is 284 g/mol. The molecule has 0 N–H and O–H groups in total. The number of nitrogens with zero attached hydrogens (tertiary/aromatic N) is 2. The summed E-state index contributed by atoms with van der Waals surface area (Å²) < 4.78 is 16.5. The van der Waals surface area contributed by atoms with Crippen molar-refractivity contribution in [2.75, 3.05) is 0 Å². The maximum atomic E-state index is 12.7. The monoisotopic (exact) mass is 284 g/mol. The molecule has 1 aromatic carbocycles. The molecule has 1 atom stereocenters. The fraction of sp³-hybridized carbons (Fsp3) is 0.0667. The van der Waals surface area contributed by atoms with Gasteiger partial charge in [-0.25, -0.2) is 4.21 Å². The summed E-state index contributed by atoms with van der Waals surface area (Å²) in [5.74, 6) is -0.635. The third-order valence-electron chi connectivity index (χ3n) is 2.67. The number of aromatic nitrogens is 1. The molecule has 4 nitrogen and oxygen atoms in total. The van der Waals surface area contributed by atoms with Crippen LogP contribution in [0.25, 0.3) is 0 Å². The summed E-state index contributed by atoms with van der Waals surface area (Å²) >= 11 is 0. The first kappa shape index (κ1) is 14.0. The van der Waals surface area contributed by atoms with E-state index in [9.17, 15) is 9.00 Å². The van der Waals surface area contributed by atoms with Crippen LogP contribution in [0.2, 0.25) is 0 Å². The topological polar surface area (TPSA) is 59.4 Å². The van der Waals surface area contributed by atoms with Gasteiger partial charge in [0, 0.05) is 17.6 Å². The van der Waals surface area contributed by atoms with Gasteiger partial charge in [-0.2, -0.15) is 0 Å². The van der Waals surface area contributed by atoms with Gasteiger partial charge < -0.3 is 0 Å². The number of carbonyl (C=O) groups excluding carboxylic acids is 1. The second kappa shape index (κ2) is 5.68. The minimum atomic E-state index is -3.21. The van der Waals surface area contributed by atoms with Crippen LogP contribution in [0.15, 0.2) is 58.1 Å². The molecule has 0 radical (unpaired) electrons. The van der Waals surface area contributed by atoms with Crippen molar-refractivity contribution in [1.29, 1.82) is 0 Å². The molecule has 1 amide bonds. The molecule has 0 spiro atoms. The van der Waals surface area contributed by atoms with E-state index in [-0.39, 0.29) is 5.56 Å². The van der Waals surface area contributed by atoms with E-state index in [0.29, 0.717) is 4.90 Å². The first-order valence-corrected chi connectivity index (χ1v) is 7.33. The first-order chi connectivity index (χ1) is 9.57. The second-order valence-corrected chi connectivity index (χ2v) is 5.96. The summed E-state index contributed by atoms with van der Waals surface area (Å²) in [4.78, 5) is 16.2. The lowest BCUT2D eigenvalue weighted by molar-refractivity contribution is 0.100. The van der Waals surface area contributed by atoms with Gasteiger partial charge in [0.2, 0.25) is 0 Å². The van der Waals surface area contributed by atoms with Crippen molar-refractivity contribution in [2.45, 2.75) is 11.8 Å². The van der Waals surface area contributed by atoms with E-state index in [0.717, 1.165) is 5.56 Å². The number of hydrogen-bond acceptors (Lipinski definition) is 3. The van der Waals surface area contributed by atoms with Crippen molar-refractivity contribution >= 4 is 15.6 Å². The molecule has 0 bridgehead atoms. The normalized spacial score (nSPS) is 13.0. The molecule has 2 aromatic rings.